The molecule has 0 aliphatic carbocycles. The molecule has 0 spiro atoms. The Morgan fingerprint density at radius 3 is 2.05 bits per heavy atom. The molecule has 1 heteroatoms. The largest absolute Gasteiger partial charge is 0.324 e. The SMILES string of the molecule is Cc1cccc(C)c1CC(N)c1ccccc1C(C)(C)C. The van der Waals surface area contributed by atoms with Gasteiger partial charge in [-0.25, -0.2) is 0 Å². The fourth-order valence-corrected chi connectivity index (χ4v) is 3.00. The molecule has 112 valence electrons. The van der Waals surface area contributed by atoms with Crippen molar-refractivity contribution in [1.82, 2.24) is 0 Å². The van der Waals surface area contributed by atoms with Gasteiger partial charge in [0.2, 0.25) is 0 Å². The lowest BCUT2D eigenvalue weighted by Gasteiger charge is -2.26. The van der Waals surface area contributed by atoms with Gasteiger partial charge in [-0.2, -0.15) is 0 Å². The Morgan fingerprint density at radius 2 is 1.48 bits per heavy atom. The fraction of sp³-hybridized carbons (Fsp3) is 0.400. The van der Waals surface area contributed by atoms with Crippen molar-refractivity contribution in [3.05, 3.63) is 70.3 Å². The minimum absolute atomic E-state index is 0.0419. The van der Waals surface area contributed by atoms with Crippen molar-refractivity contribution in [2.24, 2.45) is 5.73 Å². The molecule has 0 radical (unpaired) electrons. The molecule has 0 saturated carbocycles. The molecule has 2 aromatic carbocycles. The van der Waals surface area contributed by atoms with Crippen LogP contribution in [0.5, 0.6) is 0 Å². The van der Waals surface area contributed by atoms with Gasteiger partial charge in [0.25, 0.3) is 0 Å². The summed E-state index contributed by atoms with van der Waals surface area (Å²) in [5.74, 6) is 0. The van der Waals surface area contributed by atoms with E-state index in [2.05, 4.69) is 77.1 Å². The number of hydrogen-bond donors (Lipinski definition) is 1. The van der Waals surface area contributed by atoms with Gasteiger partial charge in [-0.05, 0) is 53.5 Å². The molecule has 0 fully saturated rings. The zero-order valence-corrected chi connectivity index (χ0v) is 13.9. The summed E-state index contributed by atoms with van der Waals surface area (Å²) in [4.78, 5) is 0. The van der Waals surface area contributed by atoms with Gasteiger partial charge in [0, 0.05) is 6.04 Å². The molecule has 0 bridgehead atoms. The van der Waals surface area contributed by atoms with Gasteiger partial charge in [-0.3, -0.25) is 0 Å². The lowest BCUT2D eigenvalue weighted by Crippen LogP contribution is -2.21. The summed E-state index contributed by atoms with van der Waals surface area (Å²) in [6.45, 7) is 11.1. The van der Waals surface area contributed by atoms with E-state index >= 15 is 0 Å². The van der Waals surface area contributed by atoms with Crippen molar-refractivity contribution in [2.75, 3.05) is 0 Å². The monoisotopic (exact) mass is 281 g/mol. The first-order chi connectivity index (χ1) is 9.80. The van der Waals surface area contributed by atoms with E-state index in [0.717, 1.165) is 6.42 Å². The summed E-state index contributed by atoms with van der Waals surface area (Å²) in [5, 5.41) is 0. The number of aryl methyl sites for hydroxylation is 2. The third-order valence-electron chi connectivity index (χ3n) is 4.24. The van der Waals surface area contributed by atoms with Crippen LogP contribution < -0.4 is 5.73 Å². The Hall–Kier alpha value is -1.60. The van der Waals surface area contributed by atoms with Gasteiger partial charge in [0.05, 0.1) is 0 Å². The third-order valence-corrected chi connectivity index (χ3v) is 4.24. The van der Waals surface area contributed by atoms with Crippen LogP contribution in [0.4, 0.5) is 0 Å². The van der Waals surface area contributed by atoms with Crippen molar-refractivity contribution in [1.29, 1.82) is 0 Å². The fourth-order valence-electron chi connectivity index (χ4n) is 3.00. The van der Waals surface area contributed by atoms with Crippen LogP contribution in [0.3, 0.4) is 0 Å². The minimum Gasteiger partial charge on any atom is -0.324 e. The first kappa shape index (κ1) is 15.8. The van der Waals surface area contributed by atoms with Gasteiger partial charge in [0.1, 0.15) is 0 Å². The van der Waals surface area contributed by atoms with Crippen molar-refractivity contribution in [2.45, 2.75) is 52.5 Å². The summed E-state index contributed by atoms with van der Waals surface area (Å²) in [7, 11) is 0. The average Bonchev–Trinajstić information content (AvgIpc) is 2.42. The average molecular weight is 281 g/mol. The van der Waals surface area contributed by atoms with Crippen molar-refractivity contribution >= 4 is 0 Å². The Kier molecular flexibility index (Phi) is 4.53. The molecule has 0 saturated heterocycles. The van der Waals surface area contributed by atoms with Crippen LogP contribution in [0, 0.1) is 13.8 Å². The maximum Gasteiger partial charge on any atom is 0.0338 e. The van der Waals surface area contributed by atoms with Crippen LogP contribution in [-0.4, -0.2) is 0 Å². The molecule has 1 atom stereocenters. The molecule has 2 rings (SSSR count). The Balaban J connectivity index is 2.36. The van der Waals surface area contributed by atoms with Crippen LogP contribution in [0.2, 0.25) is 0 Å². The third kappa shape index (κ3) is 3.54. The van der Waals surface area contributed by atoms with Gasteiger partial charge in [0.15, 0.2) is 0 Å². The lowest BCUT2D eigenvalue weighted by molar-refractivity contribution is 0.568. The Labute approximate surface area is 129 Å². The van der Waals surface area contributed by atoms with Crippen molar-refractivity contribution < 1.29 is 0 Å². The maximum atomic E-state index is 6.56. The van der Waals surface area contributed by atoms with Crippen LogP contribution in [-0.2, 0) is 11.8 Å². The van der Waals surface area contributed by atoms with E-state index in [1.165, 1.54) is 27.8 Å². The quantitative estimate of drug-likeness (QED) is 0.855. The number of nitrogens with two attached hydrogens (primary N) is 1. The summed E-state index contributed by atoms with van der Waals surface area (Å²) >= 11 is 0. The Morgan fingerprint density at radius 1 is 0.905 bits per heavy atom. The van der Waals surface area contributed by atoms with Crippen LogP contribution in [0.15, 0.2) is 42.5 Å². The van der Waals surface area contributed by atoms with E-state index in [-0.39, 0.29) is 11.5 Å². The van der Waals surface area contributed by atoms with E-state index in [1.807, 2.05) is 0 Å². The summed E-state index contributed by atoms with van der Waals surface area (Å²) in [6, 6.07) is 15.1. The molecular weight excluding hydrogens is 254 g/mol. The van der Waals surface area contributed by atoms with Gasteiger partial charge >= 0.3 is 0 Å². The molecule has 1 unspecified atom stereocenters. The standard InChI is InChI=1S/C20H27N/c1-14-9-8-10-15(2)17(14)13-19(21)16-11-6-7-12-18(16)20(3,4)5/h6-12,19H,13,21H2,1-5H3. The molecular formula is C20H27N. The van der Waals surface area contributed by atoms with E-state index in [9.17, 15) is 0 Å². The van der Waals surface area contributed by atoms with E-state index < -0.39 is 0 Å². The highest BCUT2D eigenvalue weighted by atomic mass is 14.6. The topological polar surface area (TPSA) is 26.0 Å². The number of hydrogen-bond acceptors (Lipinski definition) is 1. The molecule has 0 heterocycles. The zero-order valence-electron chi connectivity index (χ0n) is 13.9. The second-order valence-electron chi connectivity index (χ2n) is 7.02. The maximum absolute atomic E-state index is 6.56. The van der Waals surface area contributed by atoms with Crippen LogP contribution in [0.1, 0.15) is 54.6 Å². The van der Waals surface area contributed by atoms with E-state index in [0.29, 0.717) is 0 Å². The minimum atomic E-state index is 0.0419. The molecule has 0 amide bonds. The molecule has 0 aliphatic heterocycles. The Bertz CT molecular complexity index is 600. The highest BCUT2D eigenvalue weighted by molar-refractivity contribution is 5.39. The van der Waals surface area contributed by atoms with Gasteiger partial charge < -0.3 is 5.73 Å². The highest BCUT2D eigenvalue weighted by Crippen LogP contribution is 2.31. The molecule has 21 heavy (non-hydrogen) atoms. The summed E-state index contributed by atoms with van der Waals surface area (Å²) < 4.78 is 0. The highest BCUT2D eigenvalue weighted by Gasteiger charge is 2.21. The van der Waals surface area contributed by atoms with Crippen LogP contribution >= 0.6 is 0 Å². The molecule has 0 aromatic heterocycles. The zero-order chi connectivity index (χ0) is 15.6. The van der Waals surface area contributed by atoms with Gasteiger partial charge in [-0.1, -0.05) is 63.2 Å². The second kappa shape index (κ2) is 6.03. The predicted molar refractivity (Wildman–Crippen MR) is 91.7 cm³/mol. The first-order valence-electron chi connectivity index (χ1n) is 7.71. The molecule has 2 aromatic rings. The second-order valence-corrected chi connectivity index (χ2v) is 7.02. The van der Waals surface area contributed by atoms with E-state index in [4.69, 9.17) is 5.73 Å². The molecule has 0 aliphatic rings. The van der Waals surface area contributed by atoms with Gasteiger partial charge in [-0.15, -0.1) is 0 Å². The number of rotatable bonds is 3. The first-order valence-corrected chi connectivity index (χ1v) is 7.71. The lowest BCUT2D eigenvalue weighted by atomic mass is 9.80. The molecule has 2 N–H and O–H groups in total. The summed E-state index contributed by atoms with van der Waals surface area (Å²) in [6.07, 6.45) is 0.894. The normalized spacial score (nSPS) is 13.2. The van der Waals surface area contributed by atoms with Crippen molar-refractivity contribution in [3.8, 4) is 0 Å². The van der Waals surface area contributed by atoms with E-state index in [1.54, 1.807) is 0 Å². The predicted octanol–water partition coefficient (Wildman–Crippen LogP) is 4.84. The smallest absolute Gasteiger partial charge is 0.0338 e. The van der Waals surface area contributed by atoms with Crippen LogP contribution in [0.25, 0.3) is 0 Å². The van der Waals surface area contributed by atoms with Crippen molar-refractivity contribution in [3.63, 3.8) is 0 Å². The summed E-state index contributed by atoms with van der Waals surface area (Å²) in [5.41, 5.74) is 13.4. The number of benzene rings is 2. The molecule has 1 nitrogen and oxygen atoms in total.